The molecule has 0 radical (unpaired) electrons. The fourth-order valence-electron chi connectivity index (χ4n) is 3.69. The normalized spacial score (nSPS) is 17.2. The Morgan fingerprint density at radius 2 is 1.72 bits per heavy atom. The number of allylic oxidation sites excluding steroid dienone is 2. The lowest BCUT2D eigenvalue weighted by atomic mass is 9.77. The number of carbonyl (C=O) groups is 1. The molecule has 0 unspecified atom stereocenters. The number of fused-ring (bicyclic) bond motifs is 1. The summed E-state index contributed by atoms with van der Waals surface area (Å²) in [5.74, 6) is 2.30. The van der Waals surface area contributed by atoms with Gasteiger partial charge in [0.05, 0.1) is 34.9 Å². The van der Waals surface area contributed by atoms with Gasteiger partial charge in [0.1, 0.15) is 5.75 Å². The van der Waals surface area contributed by atoms with Crippen molar-refractivity contribution < 1.29 is 23.7 Å². The van der Waals surface area contributed by atoms with E-state index in [-0.39, 0.29) is 17.8 Å². The van der Waals surface area contributed by atoms with Crippen molar-refractivity contribution in [2.45, 2.75) is 39.5 Å². The maximum absolute atomic E-state index is 11.8. The molecule has 25 heavy (non-hydrogen) atoms. The summed E-state index contributed by atoms with van der Waals surface area (Å²) in [5.41, 5.74) is 4.09. The van der Waals surface area contributed by atoms with E-state index in [0.717, 1.165) is 40.2 Å². The summed E-state index contributed by atoms with van der Waals surface area (Å²) >= 11 is 0. The SMILES string of the molecule is COC(=O)C[C@H](C)C1=CC[C@H](C)c2c(OC)c(OC)c(C)c(OC)c21. The largest absolute Gasteiger partial charge is 0.496 e. The predicted octanol–water partition coefficient (Wildman–Crippen LogP) is 4.11. The van der Waals surface area contributed by atoms with Crippen LogP contribution in [0.3, 0.4) is 0 Å². The molecule has 1 aromatic rings. The number of carbonyl (C=O) groups excluding carboxylic acids is 1. The first-order chi connectivity index (χ1) is 11.9. The molecule has 2 rings (SSSR count). The summed E-state index contributed by atoms with van der Waals surface area (Å²) in [6.07, 6.45) is 3.40. The molecule has 0 heterocycles. The van der Waals surface area contributed by atoms with E-state index in [1.54, 1.807) is 21.3 Å². The minimum absolute atomic E-state index is 0.0186. The van der Waals surface area contributed by atoms with E-state index in [2.05, 4.69) is 13.0 Å². The molecule has 0 N–H and O–H groups in total. The molecule has 138 valence electrons. The predicted molar refractivity (Wildman–Crippen MR) is 97.6 cm³/mol. The summed E-state index contributed by atoms with van der Waals surface area (Å²) in [4.78, 5) is 11.8. The number of rotatable bonds is 6. The molecule has 0 amide bonds. The van der Waals surface area contributed by atoms with Crippen LogP contribution in [0.25, 0.3) is 5.57 Å². The monoisotopic (exact) mass is 348 g/mol. The van der Waals surface area contributed by atoms with Gasteiger partial charge in [0.25, 0.3) is 0 Å². The lowest BCUT2D eigenvalue weighted by Crippen LogP contribution is -2.16. The Kier molecular flexibility index (Phi) is 5.98. The van der Waals surface area contributed by atoms with Crippen molar-refractivity contribution in [3.63, 3.8) is 0 Å². The van der Waals surface area contributed by atoms with Gasteiger partial charge in [-0.2, -0.15) is 0 Å². The molecule has 0 bridgehead atoms. The average molecular weight is 348 g/mol. The third-order valence-electron chi connectivity index (χ3n) is 4.95. The number of hydrogen-bond donors (Lipinski definition) is 0. The number of methoxy groups -OCH3 is 4. The lowest BCUT2D eigenvalue weighted by molar-refractivity contribution is -0.141. The summed E-state index contributed by atoms with van der Waals surface area (Å²) in [6.45, 7) is 6.16. The van der Waals surface area contributed by atoms with Gasteiger partial charge in [-0.1, -0.05) is 19.9 Å². The molecule has 0 saturated heterocycles. The quantitative estimate of drug-likeness (QED) is 0.724. The molecule has 0 fully saturated rings. The molecule has 0 aliphatic heterocycles. The molecule has 0 spiro atoms. The van der Waals surface area contributed by atoms with Crippen molar-refractivity contribution in [2.75, 3.05) is 28.4 Å². The van der Waals surface area contributed by atoms with E-state index < -0.39 is 0 Å². The van der Waals surface area contributed by atoms with E-state index in [1.807, 2.05) is 13.8 Å². The molecule has 0 saturated carbocycles. The van der Waals surface area contributed by atoms with Gasteiger partial charge in [0.15, 0.2) is 11.5 Å². The van der Waals surface area contributed by atoms with Crippen molar-refractivity contribution in [3.05, 3.63) is 22.8 Å². The first-order valence-corrected chi connectivity index (χ1v) is 8.50. The van der Waals surface area contributed by atoms with Crippen LogP contribution in [0, 0.1) is 12.8 Å². The van der Waals surface area contributed by atoms with Gasteiger partial charge < -0.3 is 18.9 Å². The summed E-state index contributed by atoms with van der Waals surface area (Å²) in [6, 6.07) is 0. The third-order valence-corrected chi connectivity index (χ3v) is 4.95. The van der Waals surface area contributed by atoms with Crippen LogP contribution in [0.1, 0.15) is 49.3 Å². The van der Waals surface area contributed by atoms with Gasteiger partial charge in [0, 0.05) is 16.7 Å². The highest BCUT2D eigenvalue weighted by Gasteiger charge is 2.33. The Morgan fingerprint density at radius 1 is 1.12 bits per heavy atom. The van der Waals surface area contributed by atoms with Crippen LogP contribution in [-0.2, 0) is 9.53 Å². The van der Waals surface area contributed by atoms with Crippen molar-refractivity contribution in [3.8, 4) is 17.2 Å². The molecular weight excluding hydrogens is 320 g/mol. The van der Waals surface area contributed by atoms with Crippen LogP contribution in [0.2, 0.25) is 0 Å². The van der Waals surface area contributed by atoms with Crippen molar-refractivity contribution in [1.29, 1.82) is 0 Å². The van der Waals surface area contributed by atoms with Crippen LogP contribution in [0.4, 0.5) is 0 Å². The number of ether oxygens (including phenoxy) is 4. The highest BCUT2D eigenvalue weighted by atomic mass is 16.5. The Hall–Kier alpha value is -2.17. The lowest BCUT2D eigenvalue weighted by Gasteiger charge is -2.31. The van der Waals surface area contributed by atoms with Crippen LogP contribution < -0.4 is 14.2 Å². The molecule has 0 aromatic heterocycles. The first kappa shape index (κ1) is 19.2. The zero-order chi connectivity index (χ0) is 18.7. The topological polar surface area (TPSA) is 54.0 Å². The first-order valence-electron chi connectivity index (χ1n) is 8.50. The molecule has 1 aromatic carbocycles. The van der Waals surface area contributed by atoms with E-state index in [0.29, 0.717) is 12.2 Å². The zero-order valence-electron chi connectivity index (χ0n) is 16.2. The van der Waals surface area contributed by atoms with Crippen molar-refractivity contribution in [2.24, 2.45) is 5.92 Å². The highest BCUT2D eigenvalue weighted by molar-refractivity contribution is 5.84. The molecule has 1 aliphatic rings. The van der Waals surface area contributed by atoms with E-state index >= 15 is 0 Å². The molecule has 5 nitrogen and oxygen atoms in total. The molecular formula is C20H28O5. The van der Waals surface area contributed by atoms with Gasteiger partial charge in [-0.05, 0) is 30.8 Å². The number of hydrogen-bond acceptors (Lipinski definition) is 5. The minimum atomic E-state index is -0.218. The second-order valence-corrected chi connectivity index (χ2v) is 6.49. The third kappa shape index (κ3) is 3.32. The highest BCUT2D eigenvalue weighted by Crippen LogP contribution is 2.53. The van der Waals surface area contributed by atoms with Gasteiger partial charge in [0.2, 0.25) is 0 Å². The standard InChI is InChI=1S/C20H28O5/c1-11-8-9-14(12(2)10-15(21)22-4)17-16(11)20(25-7)19(24-6)13(3)18(17)23-5/h9,11-12H,8,10H2,1-7H3/t11-,12-/m0/s1. The maximum atomic E-state index is 11.8. The smallest absolute Gasteiger partial charge is 0.306 e. The average Bonchev–Trinajstić information content (AvgIpc) is 2.60. The molecule has 5 heteroatoms. The van der Waals surface area contributed by atoms with Crippen LogP contribution in [-0.4, -0.2) is 34.4 Å². The minimum Gasteiger partial charge on any atom is -0.496 e. The van der Waals surface area contributed by atoms with Gasteiger partial charge in [-0.3, -0.25) is 4.79 Å². The summed E-state index contributed by atoms with van der Waals surface area (Å²) in [5, 5.41) is 0. The van der Waals surface area contributed by atoms with Crippen LogP contribution in [0.5, 0.6) is 17.2 Å². The second kappa shape index (κ2) is 7.81. The fourth-order valence-corrected chi connectivity index (χ4v) is 3.69. The summed E-state index contributed by atoms with van der Waals surface area (Å²) in [7, 11) is 6.38. The van der Waals surface area contributed by atoms with Crippen LogP contribution >= 0.6 is 0 Å². The van der Waals surface area contributed by atoms with Gasteiger partial charge in [-0.25, -0.2) is 0 Å². The van der Waals surface area contributed by atoms with Crippen molar-refractivity contribution >= 4 is 11.5 Å². The van der Waals surface area contributed by atoms with E-state index in [1.165, 1.54) is 7.11 Å². The Bertz CT molecular complexity index is 690. The van der Waals surface area contributed by atoms with Crippen LogP contribution in [0.15, 0.2) is 6.08 Å². The molecule has 1 aliphatic carbocycles. The Balaban J connectivity index is 2.71. The number of benzene rings is 1. The van der Waals surface area contributed by atoms with E-state index in [4.69, 9.17) is 18.9 Å². The van der Waals surface area contributed by atoms with E-state index in [9.17, 15) is 4.79 Å². The second-order valence-electron chi connectivity index (χ2n) is 6.49. The Morgan fingerprint density at radius 3 is 2.24 bits per heavy atom. The molecule has 2 atom stereocenters. The zero-order valence-corrected chi connectivity index (χ0v) is 16.2. The Labute approximate surface area is 149 Å². The maximum Gasteiger partial charge on any atom is 0.306 e. The fraction of sp³-hybridized carbons (Fsp3) is 0.550. The number of esters is 1. The van der Waals surface area contributed by atoms with Gasteiger partial charge >= 0.3 is 5.97 Å². The van der Waals surface area contributed by atoms with Crippen molar-refractivity contribution in [1.82, 2.24) is 0 Å². The van der Waals surface area contributed by atoms with Gasteiger partial charge in [-0.15, -0.1) is 0 Å². The summed E-state index contributed by atoms with van der Waals surface area (Å²) < 4.78 is 21.9.